The van der Waals surface area contributed by atoms with E-state index in [0.717, 1.165) is 34.9 Å². The lowest BCUT2D eigenvalue weighted by Gasteiger charge is -2.29. The molecule has 0 saturated carbocycles. The summed E-state index contributed by atoms with van der Waals surface area (Å²) in [5.41, 5.74) is 15.1. The van der Waals surface area contributed by atoms with Crippen LogP contribution in [0.25, 0.3) is 38.6 Å². The summed E-state index contributed by atoms with van der Waals surface area (Å²) in [6.07, 6.45) is 7.98. The number of hydrogen-bond acceptors (Lipinski definition) is 2. The van der Waals surface area contributed by atoms with E-state index in [2.05, 4.69) is 217 Å². The number of aromatic nitrogens is 1. The number of para-hydroxylation sites is 1. The average molecular weight is 708 g/mol. The van der Waals surface area contributed by atoms with Crippen LogP contribution in [0.1, 0.15) is 42.9 Å². The van der Waals surface area contributed by atoms with E-state index in [1.807, 2.05) is 0 Å². The topological polar surface area (TPSA) is 20.5 Å². The zero-order chi connectivity index (χ0) is 36.9. The SMILES string of the molecule is CC1(C)C(c2ccccc2)=Nc2cc3c4ccccc4n(-c4ccc(N(C5=CCC(c6ccccc6)C=C5)c5ccc(-c6ccccc6)cc5)cc4)c3cc21. The van der Waals surface area contributed by atoms with Gasteiger partial charge in [0.25, 0.3) is 0 Å². The Kier molecular flexibility index (Phi) is 7.96. The number of benzene rings is 7. The summed E-state index contributed by atoms with van der Waals surface area (Å²) in [5, 5.41) is 2.45. The van der Waals surface area contributed by atoms with Crippen molar-refractivity contribution in [1.82, 2.24) is 4.57 Å². The molecule has 1 atom stereocenters. The van der Waals surface area contributed by atoms with Gasteiger partial charge < -0.3 is 9.47 Å². The van der Waals surface area contributed by atoms with Gasteiger partial charge in [-0.05, 0) is 94.9 Å². The molecule has 264 valence electrons. The summed E-state index contributed by atoms with van der Waals surface area (Å²) in [6.45, 7) is 4.60. The molecule has 1 aliphatic carbocycles. The van der Waals surface area contributed by atoms with Gasteiger partial charge >= 0.3 is 0 Å². The van der Waals surface area contributed by atoms with Crippen LogP contribution in [0.2, 0.25) is 0 Å². The predicted octanol–water partition coefficient (Wildman–Crippen LogP) is 13.6. The van der Waals surface area contributed by atoms with E-state index in [-0.39, 0.29) is 5.41 Å². The molecule has 2 aliphatic rings. The highest BCUT2D eigenvalue weighted by Crippen LogP contribution is 2.46. The Hall–Kier alpha value is -6.71. The lowest BCUT2D eigenvalue weighted by atomic mass is 9.79. The van der Waals surface area contributed by atoms with E-state index < -0.39 is 0 Å². The van der Waals surface area contributed by atoms with Gasteiger partial charge in [0, 0.05) is 44.9 Å². The van der Waals surface area contributed by atoms with Crippen molar-refractivity contribution in [3.8, 4) is 16.8 Å². The molecular weight excluding hydrogens is 667 g/mol. The second kappa shape index (κ2) is 13.3. The molecule has 1 aromatic heterocycles. The third kappa shape index (κ3) is 5.71. The van der Waals surface area contributed by atoms with Crippen LogP contribution in [0.15, 0.2) is 205 Å². The Bertz CT molecular complexity index is 2770. The van der Waals surface area contributed by atoms with Gasteiger partial charge in [-0.15, -0.1) is 0 Å². The van der Waals surface area contributed by atoms with E-state index in [4.69, 9.17) is 4.99 Å². The fourth-order valence-corrected chi connectivity index (χ4v) is 8.64. The summed E-state index contributed by atoms with van der Waals surface area (Å²) in [4.78, 5) is 7.64. The number of anilines is 2. The van der Waals surface area contributed by atoms with Crippen LogP contribution in [0, 0.1) is 0 Å². The molecule has 1 unspecified atom stereocenters. The first-order valence-corrected chi connectivity index (χ1v) is 19.2. The number of hydrogen-bond donors (Lipinski definition) is 0. The maximum atomic E-state index is 5.25. The number of aliphatic imine (C=N–C) groups is 1. The van der Waals surface area contributed by atoms with Gasteiger partial charge in [0.1, 0.15) is 0 Å². The Morgan fingerprint density at radius 1 is 0.582 bits per heavy atom. The molecule has 55 heavy (non-hydrogen) atoms. The molecule has 1 aliphatic heterocycles. The van der Waals surface area contributed by atoms with Crippen LogP contribution in [0.3, 0.4) is 0 Å². The quantitative estimate of drug-likeness (QED) is 0.161. The van der Waals surface area contributed by atoms with Crippen molar-refractivity contribution in [3.05, 3.63) is 217 Å². The van der Waals surface area contributed by atoms with Crippen molar-refractivity contribution in [1.29, 1.82) is 0 Å². The largest absolute Gasteiger partial charge is 0.311 e. The number of rotatable bonds is 7. The fourth-order valence-electron chi connectivity index (χ4n) is 8.64. The molecule has 0 bridgehead atoms. The summed E-state index contributed by atoms with van der Waals surface area (Å²) in [6, 6.07) is 63.5. The molecule has 0 fully saturated rings. The van der Waals surface area contributed by atoms with Crippen LogP contribution in [-0.4, -0.2) is 10.3 Å². The van der Waals surface area contributed by atoms with Crippen molar-refractivity contribution < 1.29 is 0 Å². The van der Waals surface area contributed by atoms with Gasteiger partial charge in [-0.1, -0.05) is 147 Å². The summed E-state index contributed by atoms with van der Waals surface area (Å²) in [5.74, 6) is 0.366. The first kappa shape index (κ1) is 32.9. The summed E-state index contributed by atoms with van der Waals surface area (Å²) < 4.78 is 2.43. The zero-order valence-corrected chi connectivity index (χ0v) is 31.1. The normalized spacial score (nSPS) is 15.9. The second-order valence-corrected chi connectivity index (χ2v) is 15.2. The first-order chi connectivity index (χ1) is 27.0. The van der Waals surface area contributed by atoms with Crippen LogP contribution in [0.5, 0.6) is 0 Å². The first-order valence-electron chi connectivity index (χ1n) is 19.2. The van der Waals surface area contributed by atoms with E-state index in [0.29, 0.717) is 5.92 Å². The van der Waals surface area contributed by atoms with Gasteiger partial charge in [-0.2, -0.15) is 0 Å². The van der Waals surface area contributed by atoms with Crippen LogP contribution in [-0.2, 0) is 5.41 Å². The molecule has 0 saturated heterocycles. The zero-order valence-electron chi connectivity index (χ0n) is 31.1. The molecule has 3 heteroatoms. The van der Waals surface area contributed by atoms with Gasteiger partial charge in [-0.3, -0.25) is 4.99 Å². The molecule has 0 N–H and O–H groups in total. The van der Waals surface area contributed by atoms with Crippen molar-refractivity contribution in [2.75, 3.05) is 4.90 Å². The molecule has 0 radical (unpaired) electrons. The van der Waals surface area contributed by atoms with E-state index in [1.54, 1.807) is 0 Å². The Morgan fingerprint density at radius 2 is 1.18 bits per heavy atom. The van der Waals surface area contributed by atoms with Crippen LogP contribution < -0.4 is 4.90 Å². The van der Waals surface area contributed by atoms with E-state index >= 15 is 0 Å². The molecular formula is C52H41N3. The minimum absolute atomic E-state index is 0.229. The molecule has 3 nitrogen and oxygen atoms in total. The van der Waals surface area contributed by atoms with E-state index in [9.17, 15) is 0 Å². The highest BCUT2D eigenvalue weighted by atomic mass is 15.1. The van der Waals surface area contributed by atoms with Gasteiger partial charge in [-0.25, -0.2) is 0 Å². The Balaban J connectivity index is 1.05. The predicted molar refractivity (Wildman–Crippen MR) is 231 cm³/mol. The summed E-state index contributed by atoms with van der Waals surface area (Å²) >= 11 is 0. The molecule has 7 aromatic carbocycles. The molecule has 10 rings (SSSR count). The maximum absolute atomic E-state index is 5.25. The van der Waals surface area contributed by atoms with Gasteiger partial charge in [0.2, 0.25) is 0 Å². The lowest BCUT2D eigenvalue weighted by molar-refractivity contribution is 0.738. The second-order valence-electron chi connectivity index (χ2n) is 15.2. The number of allylic oxidation sites excluding steroid dienone is 3. The molecule has 0 spiro atoms. The highest BCUT2D eigenvalue weighted by molar-refractivity contribution is 6.16. The standard InChI is InChI=1S/C52H41N3/c1-52(2)47-35-50-46(34-48(47)53-51(52)40-18-10-5-11-19-40)45-20-12-13-21-49(45)55(50)44-32-30-43(31-33-44)54(41-26-22-38(23-27-41)36-14-6-3-7-15-36)42-28-24-39(25-29-42)37-16-8-4-9-17-37/h3-24,26-35,39H,25H2,1-2H3. The van der Waals surface area contributed by atoms with Crippen molar-refractivity contribution in [2.24, 2.45) is 4.99 Å². The van der Waals surface area contributed by atoms with Crippen molar-refractivity contribution >= 4 is 44.6 Å². The minimum atomic E-state index is -0.229. The lowest BCUT2D eigenvalue weighted by Crippen LogP contribution is -2.26. The van der Waals surface area contributed by atoms with E-state index in [1.165, 1.54) is 55.3 Å². The Labute approximate surface area is 322 Å². The molecule has 2 heterocycles. The third-order valence-electron chi connectivity index (χ3n) is 11.5. The molecule has 8 aromatic rings. The maximum Gasteiger partial charge on any atom is 0.0682 e. The minimum Gasteiger partial charge on any atom is -0.311 e. The smallest absolute Gasteiger partial charge is 0.0682 e. The van der Waals surface area contributed by atoms with Crippen molar-refractivity contribution in [2.45, 2.75) is 31.6 Å². The third-order valence-corrected chi connectivity index (χ3v) is 11.5. The van der Waals surface area contributed by atoms with Crippen LogP contribution >= 0.6 is 0 Å². The number of fused-ring (bicyclic) bond motifs is 4. The fraction of sp³-hybridized carbons (Fsp3) is 0.0962. The number of nitrogens with zero attached hydrogens (tertiary/aromatic N) is 3. The Morgan fingerprint density at radius 3 is 1.85 bits per heavy atom. The van der Waals surface area contributed by atoms with Gasteiger partial charge in [0.05, 0.1) is 22.4 Å². The summed E-state index contributed by atoms with van der Waals surface area (Å²) in [7, 11) is 0. The monoisotopic (exact) mass is 707 g/mol. The van der Waals surface area contributed by atoms with Crippen molar-refractivity contribution in [3.63, 3.8) is 0 Å². The van der Waals surface area contributed by atoms with Crippen LogP contribution in [0.4, 0.5) is 17.1 Å². The highest BCUT2D eigenvalue weighted by Gasteiger charge is 2.36. The average Bonchev–Trinajstić information content (AvgIpc) is 3.71. The molecule has 0 amide bonds. The van der Waals surface area contributed by atoms with Gasteiger partial charge in [0.15, 0.2) is 0 Å².